The predicted molar refractivity (Wildman–Crippen MR) is 111 cm³/mol. The van der Waals surface area contributed by atoms with Crippen LogP contribution in [0.1, 0.15) is 44.9 Å². The summed E-state index contributed by atoms with van der Waals surface area (Å²) < 4.78 is 16.7. The van der Waals surface area contributed by atoms with E-state index in [0.29, 0.717) is 13.0 Å². The van der Waals surface area contributed by atoms with Crippen molar-refractivity contribution in [3.63, 3.8) is 0 Å². The van der Waals surface area contributed by atoms with E-state index in [2.05, 4.69) is 20.2 Å². The van der Waals surface area contributed by atoms with E-state index in [9.17, 15) is 9.18 Å². The molecular formula is C22H26FN5O. The lowest BCUT2D eigenvalue weighted by Crippen LogP contribution is -2.30. The minimum absolute atomic E-state index is 0.0265. The van der Waals surface area contributed by atoms with Crippen molar-refractivity contribution in [2.24, 2.45) is 5.41 Å². The molecule has 0 fully saturated rings. The van der Waals surface area contributed by atoms with Gasteiger partial charge in [0, 0.05) is 44.2 Å². The first-order valence-corrected chi connectivity index (χ1v) is 9.94. The maximum absolute atomic E-state index is 14.7. The Morgan fingerprint density at radius 3 is 2.90 bits per heavy atom. The molecular weight excluding hydrogens is 369 g/mol. The lowest BCUT2D eigenvalue weighted by Gasteiger charge is -2.31. The van der Waals surface area contributed by atoms with Gasteiger partial charge in [0.15, 0.2) is 11.6 Å². The largest absolute Gasteiger partial charge is 0.366 e. The highest BCUT2D eigenvalue weighted by molar-refractivity contribution is 5.90. The second-order valence-electron chi connectivity index (χ2n) is 8.82. The number of hydrogen-bond acceptors (Lipinski definition) is 4. The highest BCUT2D eigenvalue weighted by Crippen LogP contribution is 2.31. The van der Waals surface area contributed by atoms with Gasteiger partial charge in [0.1, 0.15) is 5.65 Å². The van der Waals surface area contributed by atoms with Crippen molar-refractivity contribution in [1.29, 1.82) is 0 Å². The number of nitrogens with one attached hydrogen (secondary N) is 1. The van der Waals surface area contributed by atoms with Crippen molar-refractivity contribution in [1.82, 2.24) is 14.4 Å². The van der Waals surface area contributed by atoms with Gasteiger partial charge in [-0.1, -0.05) is 20.8 Å². The fourth-order valence-electron chi connectivity index (χ4n) is 3.71. The van der Waals surface area contributed by atoms with Crippen LogP contribution in [0, 0.1) is 11.2 Å². The first-order chi connectivity index (χ1) is 13.8. The fraction of sp³-hybridized carbons (Fsp3) is 0.409. The van der Waals surface area contributed by atoms with Crippen LogP contribution in [0.2, 0.25) is 0 Å². The number of nitrogens with zero attached hydrogens (tertiary/aromatic N) is 4. The van der Waals surface area contributed by atoms with Crippen LogP contribution in [0.15, 0.2) is 36.8 Å². The van der Waals surface area contributed by atoms with Gasteiger partial charge in [-0.3, -0.25) is 4.79 Å². The van der Waals surface area contributed by atoms with Crippen LogP contribution in [-0.4, -0.2) is 26.8 Å². The molecule has 0 bridgehead atoms. The summed E-state index contributed by atoms with van der Waals surface area (Å²) in [4.78, 5) is 23.1. The van der Waals surface area contributed by atoms with Crippen molar-refractivity contribution >= 4 is 23.1 Å². The van der Waals surface area contributed by atoms with E-state index in [1.807, 2.05) is 49.7 Å². The molecule has 0 saturated heterocycles. The molecule has 3 aromatic heterocycles. The Bertz CT molecular complexity index is 1050. The molecule has 1 aliphatic rings. The van der Waals surface area contributed by atoms with E-state index in [1.54, 1.807) is 6.20 Å². The van der Waals surface area contributed by atoms with Crippen molar-refractivity contribution < 1.29 is 9.18 Å². The molecule has 0 atom stereocenters. The van der Waals surface area contributed by atoms with Crippen LogP contribution in [0.25, 0.3) is 5.65 Å². The average molecular weight is 395 g/mol. The SMILES string of the molecule is CC(C)(C)CC(=O)Nc1nc2c(cc1F)N(Cc1ccn3ccnc3c1)CCC2. The molecule has 7 heteroatoms. The monoisotopic (exact) mass is 395 g/mol. The Kier molecular flexibility index (Phi) is 4.98. The first-order valence-electron chi connectivity index (χ1n) is 9.94. The third-order valence-electron chi connectivity index (χ3n) is 5.00. The number of anilines is 2. The quantitative estimate of drug-likeness (QED) is 0.719. The molecule has 0 aliphatic carbocycles. The fourth-order valence-corrected chi connectivity index (χ4v) is 3.71. The lowest BCUT2D eigenvalue weighted by molar-refractivity contribution is -0.117. The van der Waals surface area contributed by atoms with E-state index >= 15 is 0 Å². The first kappa shape index (κ1) is 19.4. The number of aromatic nitrogens is 3. The van der Waals surface area contributed by atoms with Gasteiger partial charge in [0.25, 0.3) is 0 Å². The number of halogens is 1. The number of imidazole rings is 1. The van der Waals surface area contributed by atoms with Crippen LogP contribution >= 0.6 is 0 Å². The summed E-state index contributed by atoms with van der Waals surface area (Å²) in [5.74, 6) is -0.690. The number of amides is 1. The third-order valence-corrected chi connectivity index (χ3v) is 5.00. The number of rotatable bonds is 4. The summed E-state index contributed by atoms with van der Waals surface area (Å²) in [5, 5.41) is 2.64. The van der Waals surface area contributed by atoms with Gasteiger partial charge in [-0.25, -0.2) is 14.4 Å². The highest BCUT2D eigenvalue weighted by atomic mass is 19.1. The number of carbonyl (C=O) groups is 1. The maximum atomic E-state index is 14.7. The summed E-state index contributed by atoms with van der Waals surface area (Å²) in [5.41, 5.74) is 3.46. The van der Waals surface area contributed by atoms with Gasteiger partial charge in [-0.2, -0.15) is 0 Å². The number of hydrogen-bond donors (Lipinski definition) is 1. The van der Waals surface area contributed by atoms with Crippen LogP contribution in [0.5, 0.6) is 0 Å². The molecule has 4 heterocycles. The summed E-state index contributed by atoms with van der Waals surface area (Å²) in [6.07, 6.45) is 7.68. The third kappa shape index (κ3) is 4.39. The van der Waals surface area contributed by atoms with E-state index in [0.717, 1.165) is 42.0 Å². The minimum atomic E-state index is -0.499. The van der Waals surface area contributed by atoms with Crippen molar-refractivity contribution in [2.45, 2.75) is 46.6 Å². The molecule has 0 spiro atoms. The minimum Gasteiger partial charge on any atom is -0.366 e. The number of aryl methyl sites for hydroxylation is 1. The molecule has 3 aromatic rings. The summed E-state index contributed by atoms with van der Waals surface area (Å²) in [7, 11) is 0. The normalized spacial score (nSPS) is 14.1. The van der Waals surface area contributed by atoms with Crippen LogP contribution in [-0.2, 0) is 17.8 Å². The molecule has 0 unspecified atom stereocenters. The zero-order valence-corrected chi connectivity index (χ0v) is 17.1. The maximum Gasteiger partial charge on any atom is 0.226 e. The predicted octanol–water partition coefficient (Wildman–Crippen LogP) is 4.20. The van der Waals surface area contributed by atoms with Crippen LogP contribution < -0.4 is 10.2 Å². The Morgan fingerprint density at radius 2 is 2.10 bits per heavy atom. The van der Waals surface area contributed by atoms with E-state index in [1.165, 1.54) is 6.07 Å². The van der Waals surface area contributed by atoms with Crippen molar-refractivity contribution in [3.05, 3.63) is 53.9 Å². The van der Waals surface area contributed by atoms with Crippen molar-refractivity contribution in [3.8, 4) is 0 Å². The van der Waals surface area contributed by atoms with E-state index in [4.69, 9.17) is 0 Å². The van der Waals surface area contributed by atoms with Crippen LogP contribution in [0.4, 0.5) is 15.9 Å². The Labute approximate surface area is 169 Å². The molecule has 6 nitrogen and oxygen atoms in total. The van der Waals surface area contributed by atoms with E-state index < -0.39 is 5.82 Å². The molecule has 1 amide bonds. The Balaban J connectivity index is 1.55. The van der Waals surface area contributed by atoms with Gasteiger partial charge in [-0.05, 0) is 36.0 Å². The zero-order chi connectivity index (χ0) is 20.6. The van der Waals surface area contributed by atoms with Gasteiger partial charge in [0.2, 0.25) is 5.91 Å². The van der Waals surface area contributed by atoms with Gasteiger partial charge in [0.05, 0.1) is 11.4 Å². The number of carbonyl (C=O) groups excluding carboxylic acids is 1. The molecule has 4 rings (SSSR count). The highest BCUT2D eigenvalue weighted by Gasteiger charge is 2.23. The summed E-state index contributed by atoms with van der Waals surface area (Å²) >= 11 is 0. The average Bonchev–Trinajstić information content (AvgIpc) is 3.09. The Hall–Kier alpha value is -2.96. The Morgan fingerprint density at radius 1 is 1.28 bits per heavy atom. The lowest BCUT2D eigenvalue weighted by atomic mass is 9.92. The number of fused-ring (bicyclic) bond motifs is 2. The summed E-state index contributed by atoms with van der Waals surface area (Å²) in [6.45, 7) is 7.42. The second kappa shape index (κ2) is 7.46. The molecule has 0 radical (unpaired) electrons. The smallest absolute Gasteiger partial charge is 0.226 e. The second-order valence-corrected chi connectivity index (χ2v) is 8.82. The number of pyridine rings is 2. The van der Waals surface area contributed by atoms with E-state index in [-0.39, 0.29) is 17.1 Å². The molecule has 1 N–H and O–H groups in total. The molecule has 152 valence electrons. The van der Waals surface area contributed by atoms with Gasteiger partial charge >= 0.3 is 0 Å². The standard InChI is InChI=1S/C22H26FN5O/c1-22(2,3)13-20(29)26-21-16(23)12-18-17(25-21)5-4-8-28(18)14-15-6-9-27-10-7-24-19(27)11-15/h6-7,9-12H,4-5,8,13-14H2,1-3H3,(H,25,26,29). The summed E-state index contributed by atoms with van der Waals surface area (Å²) in [6, 6.07) is 5.59. The van der Waals surface area contributed by atoms with Gasteiger partial charge in [-0.15, -0.1) is 0 Å². The van der Waals surface area contributed by atoms with Gasteiger partial charge < -0.3 is 14.6 Å². The van der Waals surface area contributed by atoms with Crippen LogP contribution in [0.3, 0.4) is 0 Å². The molecule has 0 saturated carbocycles. The van der Waals surface area contributed by atoms with Crippen molar-refractivity contribution in [2.75, 3.05) is 16.8 Å². The molecule has 29 heavy (non-hydrogen) atoms. The molecule has 0 aromatic carbocycles. The molecule has 1 aliphatic heterocycles. The topological polar surface area (TPSA) is 62.5 Å². The zero-order valence-electron chi connectivity index (χ0n) is 17.1.